The third-order valence-electron chi connectivity index (χ3n) is 3.28. The average molecular weight is 235 g/mol. The van der Waals surface area contributed by atoms with E-state index in [-0.39, 0.29) is 0 Å². The van der Waals surface area contributed by atoms with Crippen molar-refractivity contribution in [2.75, 3.05) is 0 Å². The maximum absolute atomic E-state index is 9.26. The normalized spacial score (nSPS) is 11.2. The number of fused-ring (bicyclic) bond motifs is 3. The van der Waals surface area contributed by atoms with Crippen molar-refractivity contribution >= 4 is 21.9 Å². The second-order valence-electron chi connectivity index (χ2n) is 4.76. The van der Waals surface area contributed by atoms with Crippen LogP contribution in [0.3, 0.4) is 0 Å². The predicted molar refractivity (Wildman–Crippen MR) is 72.5 cm³/mol. The SMILES string of the molecule is CC(C)c1c(C#N)ccc2oc3ccccc3c12. The summed E-state index contributed by atoms with van der Waals surface area (Å²) in [5.74, 6) is 0.296. The summed E-state index contributed by atoms with van der Waals surface area (Å²) >= 11 is 0. The maximum atomic E-state index is 9.26. The number of benzene rings is 2. The van der Waals surface area contributed by atoms with Crippen molar-refractivity contribution in [1.82, 2.24) is 0 Å². The lowest BCUT2D eigenvalue weighted by Gasteiger charge is -2.09. The van der Waals surface area contributed by atoms with Gasteiger partial charge in [0, 0.05) is 10.8 Å². The van der Waals surface area contributed by atoms with Crippen LogP contribution in [-0.2, 0) is 0 Å². The Kier molecular flexibility index (Phi) is 2.34. The number of nitriles is 1. The number of nitrogens with zero attached hydrogens (tertiary/aromatic N) is 1. The Morgan fingerprint density at radius 2 is 1.83 bits per heavy atom. The number of para-hydroxylation sites is 1. The standard InChI is InChI=1S/C16H13NO/c1-10(2)15-11(9-17)7-8-14-16(15)12-5-3-4-6-13(12)18-14/h3-8,10H,1-2H3. The molecule has 0 bridgehead atoms. The Morgan fingerprint density at radius 3 is 2.56 bits per heavy atom. The fraction of sp³-hybridized carbons (Fsp3) is 0.188. The minimum absolute atomic E-state index is 0.296. The van der Waals surface area contributed by atoms with Gasteiger partial charge in [-0.25, -0.2) is 0 Å². The molecule has 0 aliphatic heterocycles. The minimum Gasteiger partial charge on any atom is -0.456 e. The molecule has 0 aliphatic rings. The summed E-state index contributed by atoms with van der Waals surface area (Å²) in [4.78, 5) is 0. The topological polar surface area (TPSA) is 36.9 Å². The van der Waals surface area contributed by atoms with Gasteiger partial charge in [0.2, 0.25) is 0 Å². The zero-order valence-corrected chi connectivity index (χ0v) is 10.4. The van der Waals surface area contributed by atoms with Gasteiger partial charge < -0.3 is 4.42 Å². The van der Waals surface area contributed by atoms with Gasteiger partial charge in [0.15, 0.2) is 0 Å². The third-order valence-corrected chi connectivity index (χ3v) is 3.28. The van der Waals surface area contributed by atoms with E-state index < -0.39 is 0 Å². The molecule has 88 valence electrons. The van der Waals surface area contributed by atoms with Crippen molar-refractivity contribution in [1.29, 1.82) is 5.26 Å². The third kappa shape index (κ3) is 1.41. The van der Waals surface area contributed by atoms with Crippen LogP contribution < -0.4 is 0 Å². The average Bonchev–Trinajstić information content (AvgIpc) is 2.75. The fourth-order valence-electron chi connectivity index (χ4n) is 2.54. The molecule has 0 fully saturated rings. The van der Waals surface area contributed by atoms with E-state index in [1.54, 1.807) is 0 Å². The van der Waals surface area contributed by atoms with Gasteiger partial charge in [0.25, 0.3) is 0 Å². The molecule has 0 saturated carbocycles. The van der Waals surface area contributed by atoms with E-state index in [1.807, 2.05) is 36.4 Å². The molecule has 0 amide bonds. The van der Waals surface area contributed by atoms with Crippen molar-refractivity contribution in [3.63, 3.8) is 0 Å². The summed E-state index contributed by atoms with van der Waals surface area (Å²) in [6, 6.07) is 14.0. The molecular formula is C16H13NO. The van der Waals surface area contributed by atoms with Crippen LogP contribution in [0.1, 0.15) is 30.9 Å². The first kappa shape index (κ1) is 10.9. The molecule has 1 aromatic heterocycles. The molecule has 0 atom stereocenters. The Bertz CT molecular complexity index is 775. The fourth-order valence-corrected chi connectivity index (χ4v) is 2.54. The highest BCUT2D eigenvalue weighted by molar-refractivity contribution is 6.07. The highest BCUT2D eigenvalue weighted by Gasteiger charge is 2.16. The van der Waals surface area contributed by atoms with Crippen LogP contribution in [0.4, 0.5) is 0 Å². The summed E-state index contributed by atoms with van der Waals surface area (Å²) in [5.41, 5.74) is 3.56. The zero-order chi connectivity index (χ0) is 12.7. The summed E-state index contributed by atoms with van der Waals surface area (Å²) in [5, 5.41) is 11.4. The van der Waals surface area contributed by atoms with Crippen LogP contribution in [0.25, 0.3) is 21.9 Å². The van der Waals surface area contributed by atoms with E-state index in [1.165, 1.54) is 0 Å². The van der Waals surface area contributed by atoms with Gasteiger partial charge in [-0.2, -0.15) is 5.26 Å². The van der Waals surface area contributed by atoms with Gasteiger partial charge >= 0.3 is 0 Å². The molecule has 2 heteroatoms. The largest absolute Gasteiger partial charge is 0.456 e. The van der Waals surface area contributed by atoms with Crippen molar-refractivity contribution in [3.05, 3.63) is 47.5 Å². The molecular weight excluding hydrogens is 222 g/mol. The Labute approximate surface area is 105 Å². The number of furan rings is 1. The van der Waals surface area contributed by atoms with Gasteiger partial charge in [-0.1, -0.05) is 32.0 Å². The molecule has 0 N–H and O–H groups in total. The van der Waals surface area contributed by atoms with Crippen LogP contribution in [0.5, 0.6) is 0 Å². The molecule has 0 unspecified atom stereocenters. The van der Waals surface area contributed by atoms with Gasteiger partial charge in [-0.05, 0) is 29.7 Å². The van der Waals surface area contributed by atoms with Crippen LogP contribution in [-0.4, -0.2) is 0 Å². The van der Waals surface area contributed by atoms with E-state index in [0.717, 1.165) is 33.1 Å². The Balaban J connectivity index is 2.56. The highest BCUT2D eigenvalue weighted by atomic mass is 16.3. The first-order valence-electron chi connectivity index (χ1n) is 6.06. The molecule has 18 heavy (non-hydrogen) atoms. The number of hydrogen-bond donors (Lipinski definition) is 0. The van der Waals surface area contributed by atoms with E-state index in [9.17, 15) is 5.26 Å². The van der Waals surface area contributed by atoms with E-state index in [2.05, 4.69) is 19.9 Å². The summed E-state index contributed by atoms with van der Waals surface area (Å²) in [6.45, 7) is 4.22. The smallest absolute Gasteiger partial charge is 0.135 e. The van der Waals surface area contributed by atoms with Crippen molar-refractivity contribution in [2.45, 2.75) is 19.8 Å². The van der Waals surface area contributed by atoms with E-state index in [4.69, 9.17) is 4.42 Å². The lowest BCUT2D eigenvalue weighted by molar-refractivity contribution is 0.668. The van der Waals surface area contributed by atoms with Crippen LogP contribution in [0, 0.1) is 11.3 Å². The zero-order valence-electron chi connectivity index (χ0n) is 10.4. The summed E-state index contributed by atoms with van der Waals surface area (Å²) < 4.78 is 5.83. The summed E-state index contributed by atoms with van der Waals surface area (Å²) in [7, 11) is 0. The van der Waals surface area contributed by atoms with E-state index >= 15 is 0 Å². The maximum Gasteiger partial charge on any atom is 0.135 e. The second-order valence-corrected chi connectivity index (χ2v) is 4.76. The van der Waals surface area contributed by atoms with Crippen molar-refractivity contribution < 1.29 is 4.42 Å². The quantitative estimate of drug-likeness (QED) is 0.619. The van der Waals surface area contributed by atoms with Crippen molar-refractivity contribution in [3.8, 4) is 6.07 Å². The predicted octanol–water partition coefficient (Wildman–Crippen LogP) is 4.58. The molecule has 0 radical (unpaired) electrons. The highest BCUT2D eigenvalue weighted by Crippen LogP contribution is 2.36. The van der Waals surface area contributed by atoms with E-state index in [0.29, 0.717) is 5.92 Å². The molecule has 3 aromatic rings. The van der Waals surface area contributed by atoms with Crippen molar-refractivity contribution in [2.24, 2.45) is 0 Å². The van der Waals surface area contributed by atoms with Gasteiger partial charge in [-0.15, -0.1) is 0 Å². The molecule has 2 aromatic carbocycles. The van der Waals surface area contributed by atoms with Gasteiger partial charge in [0.1, 0.15) is 11.2 Å². The van der Waals surface area contributed by atoms with Gasteiger partial charge in [-0.3, -0.25) is 0 Å². The molecule has 1 heterocycles. The second kappa shape index (κ2) is 3.89. The first-order chi connectivity index (χ1) is 8.72. The lowest BCUT2D eigenvalue weighted by atomic mass is 9.93. The first-order valence-corrected chi connectivity index (χ1v) is 6.06. The number of hydrogen-bond acceptors (Lipinski definition) is 2. The molecule has 2 nitrogen and oxygen atoms in total. The van der Waals surface area contributed by atoms with Crippen LogP contribution >= 0.6 is 0 Å². The molecule has 0 aliphatic carbocycles. The molecule has 0 saturated heterocycles. The lowest BCUT2D eigenvalue weighted by Crippen LogP contribution is -1.93. The molecule has 3 rings (SSSR count). The Morgan fingerprint density at radius 1 is 1.06 bits per heavy atom. The summed E-state index contributed by atoms with van der Waals surface area (Å²) in [6.07, 6.45) is 0. The van der Waals surface area contributed by atoms with Gasteiger partial charge in [0.05, 0.1) is 11.6 Å². The Hall–Kier alpha value is -2.27. The van der Waals surface area contributed by atoms with Crippen LogP contribution in [0.2, 0.25) is 0 Å². The van der Waals surface area contributed by atoms with Crippen LogP contribution in [0.15, 0.2) is 40.8 Å². The molecule has 0 spiro atoms. The minimum atomic E-state index is 0.296. The monoisotopic (exact) mass is 235 g/mol. The number of rotatable bonds is 1.